The SMILES string of the molecule is CCNC(=NCCc1cc(F)cc2c1OCOC2)N1CCC(COCc2ccccc2)C1.I. The summed E-state index contributed by atoms with van der Waals surface area (Å²) in [6.45, 7) is 7.32. The zero-order valence-corrected chi connectivity index (χ0v) is 21.4. The van der Waals surface area contributed by atoms with Crippen molar-refractivity contribution in [3.63, 3.8) is 0 Å². The van der Waals surface area contributed by atoms with Gasteiger partial charge < -0.3 is 24.4 Å². The summed E-state index contributed by atoms with van der Waals surface area (Å²) in [5.41, 5.74) is 2.81. The van der Waals surface area contributed by atoms with Crippen molar-refractivity contribution >= 4 is 29.9 Å². The van der Waals surface area contributed by atoms with Gasteiger partial charge in [-0.1, -0.05) is 30.3 Å². The molecular formula is C25H33FIN3O3. The number of halogens is 2. The molecule has 1 fully saturated rings. The molecule has 33 heavy (non-hydrogen) atoms. The van der Waals surface area contributed by atoms with Gasteiger partial charge in [0.25, 0.3) is 0 Å². The fraction of sp³-hybridized carbons (Fsp3) is 0.480. The smallest absolute Gasteiger partial charge is 0.193 e. The maximum atomic E-state index is 14.0. The lowest BCUT2D eigenvalue weighted by Gasteiger charge is -2.22. The number of fused-ring (bicyclic) bond motifs is 1. The molecule has 8 heteroatoms. The molecule has 0 bridgehead atoms. The van der Waals surface area contributed by atoms with E-state index in [1.165, 1.54) is 11.6 Å². The lowest BCUT2D eigenvalue weighted by Crippen LogP contribution is -2.40. The molecule has 4 rings (SSSR count). The minimum Gasteiger partial charge on any atom is -0.467 e. The van der Waals surface area contributed by atoms with Gasteiger partial charge in [0.1, 0.15) is 11.6 Å². The molecule has 1 N–H and O–H groups in total. The van der Waals surface area contributed by atoms with Gasteiger partial charge in [-0.3, -0.25) is 4.99 Å². The van der Waals surface area contributed by atoms with E-state index in [1.807, 2.05) is 18.2 Å². The van der Waals surface area contributed by atoms with Gasteiger partial charge in [-0.2, -0.15) is 0 Å². The van der Waals surface area contributed by atoms with Gasteiger partial charge in [0, 0.05) is 37.7 Å². The van der Waals surface area contributed by atoms with Crippen LogP contribution < -0.4 is 10.1 Å². The maximum Gasteiger partial charge on any atom is 0.193 e. The molecular weight excluding hydrogens is 536 g/mol. The molecule has 1 atom stereocenters. The largest absolute Gasteiger partial charge is 0.467 e. The normalized spacial score (nSPS) is 17.8. The molecule has 6 nitrogen and oxygen atoms in total. The number of hydrogen-bond donors (Lipinski definition) is 1. The van der Waals surface area contributed by atoms with Crippen LogP contribution in [-0.4, -0.2) is 50.4 Å². The van der Waals surface area contributed by atoms with Crippen molar-refractivity contribution in [3.05, 3.63) is 65.0 Å². The maximum absolute atomic E-state index is 14.0. The highest BCUT2D eigenvalue weighted by Crippen LogP contribution is 2.29. The van der Waals surface area contributed by atoms with Crippen LogP contribution in [0.4, 0.5) is 4.39 Å². The molecule has 2 aromatic rings. The van der Waals surface area contributed by atoms with Crippen molar-refractivity contribution in [1.82, 2.24) is 10.2 Å². The van der Waals surface area contributed by atoms with Crippen LogP contribution in [0.1, 0.15) is 30.0 Å². The van der Waals surface area contributed by atoms with Crippen LogP contribution in [-0.2, 0) is 29.1 Å². The van der Waals surface area contributed by atoms with Crippen LogP contribution in [0.25, 0.3) is 0 Å². The number of ether oxygens (including phenoxy) is 3. The van der Waals surface area contributed by atoms with Crippen molar-refractivity contribution in [2.45, 2.75) is 33.0 Å². The molecule has 2 aromatic carbocycles. The van der Waals surface area contributed by atoms with Crippen molar-refractivity contribution in [2.24, 2.45) is 10.9 Å². The summed E-state index contributed by atoms with van der Waals surface area (Å²) in [4.78, 5) is 7.11. The Kier molecular flexibility index (Phi) is 10.2. The highest BCUT2D eigenvalue weighted by atomic mass is 127. The summed E-state index contributed by atoms with van der Waals surface area (Å²) in [7, 11) is 0. The van der Waals surface area contributed by atoms with Gasteiger partial charge in [0.05, 0.1) is 19.8 Å². The van der Waals surface area contributed by atoms with Gasteiger partial charge >= 0.3 is 0 Å². The average Bonchev–Trinajstić information content (AvgIpc) is 3.28. The van der Waals surface area contributed by atoms with E-state index >= 15 is 0 Å². The van der Waals surface area contributed by atoms with Crippen molar-refractivity contribution in [2.75, 3.05) is 39.6 Å². The Morgan fingerprint density at radius 2 is 2.12 bits per heavy atom. The lowest BCUT2D eigenvalue weighted by atomic mass is 10.1. The fourth-order valence-corrected chi connectivity index (χ4v) is 4.23. The highest BCUT2D eigenvalue weighted by Gasteiger charge is 2.25. The lowest BCUT2D eigenvalue weighted by molar-refractivity contribution is -0.0172. The van der Waals surface area contributed by atoms with Gasteiger partial charge in [0.2, 0.25) is 0 Å². The average molecular weight is 569 g/mol. The summed E-state index contributed by atoms with van der Waals surface area (Å²) in [6, 6.07) is 13.3. The topological polar surface area (TPSA) is 55.3 Å². The predicted molar refractivity (Wildman–Crippen MR) is 138 cm³/mol. The van der Waals surface area contributed by atoms with E-state index in [0.717, 1.165) is 55.5 Å². The van der Waals surface area contributed by atoms with Crippen LogP contribution >= 0.6 is 24.0 Å². The molecule has 2 heterocycles. The Bertz CT molecular complexity index is 913. The summed E-state index contributed by atoms with van der Waals surface area (Å²) < 4.78 is 30.8. The summed E-state index contributed by atoms with van der Waals surface area (Å²) in [5.74, 6) is 1.88. The minimum absolute atomic E-state index is 0. The van der Waals surface area contributed by atoms with Gasteiger partial charge in [-0.15, -0.1) is 24.0 Å². The number of benzene rings is 2. The summed E-state index contributed by atoms with van der Waals surface area (Å²) in [6.07, 6.45) is 1.71. The van der Waals surface area contributed by atoms with E-state index in [9.17, 15) is 4.39 Å². The molecule has 0 saturated carbocycles. The molecule has 2 aliphatic rings. The molecule has 1 unspecified atom stereocenters. The summed E-state index contributed by atoms with van der Waals surface area (Å²) >= 11 is 0. The van der Waals surface area contributed by atoms with Crippen LogP contribution in [0.5, 0.6) is 5.75 Å². The third-order valence-electron chi connectivity index (χ3n) is 5.78. The van der Waals surface area contributed by atoms with Gasteiger partial charge in [0.15, 0.2) is 12.8 Å². The Morgan fingerprint density at radius 3 is 2.94 bits per heavy atom. The first-order valence-corrected chi connectivity index (χ1v) is 11.4. The van der Waals surface area contributed by atoms with E-state index in [1.54, 1.807) is 6.07 Å². The standard InChI is InChI=1S/C25H32FN3O3.HI/c1-2-27-25(28-10-8-21-12-23(26)13-22-17-31-18-32-24(21)22)29-11-9-20(14-29)16-30-15-19-6-4-3-5-7-19;/h3-7,12-13,20H,2,8-11,14-18H2,1H3,(H,27,28);1H. The Morgan fingerprint density at radius 1 is 1.27 bits per heavy atom. The van der Waals surface area contributed by atoms with E-state index in [2.05, 4.69) is 29.3 Å². The van der Waals surface area contributed by atoms with E-state index in [-0.39, 0.29) is 36.6 Å². The molecule has 0 radical (unpaired) electrons. The van der Waals surface area contributed by atoms with Crippen LogP contribution in [0.15, 0.2) is 47.5 Å². The zero-order valence-electron chi connectivity index (χ0n) is 19.1. The third kappa shape index (κ3) is 7.28. The summed E-state index contributed by atoms with van der Waals surface area (Å²) in [5, 5.41) is 3.40. The number of likely N-dealkylation sites (tertiary alicyclic amines) is 1. The molecule has 0 aromatic heterocycles. The van der Waals surface area contributed by atoms with Crippen molar-refractivity contribution < 1.29 is 18.6 Å². The van der Waals surface area contributed by atoms with E-state index in [0.29, 0.717) is 32.1 Å². The predicted octanol–water partition coefficient (Wildman–Crippen LogP) is 4.36. The van der Waals surface area contributed by atoms with Crippen LogP contribution in [0.2, 0.25) is 0 Å². The number of nitrogens with one attached hydrogen (secondary N) is 1. The van der Waals surface area contributed by atoms with E-state index < -0.39 is 0 Å². The van der Waals surface area contributed by atoms with Crippen LogP contribution in [0.3, 0.4) is 0 Å². The minimum atomic E-state index is -0.262. The molecule has 0 spiro atoms. The first kappa shape index (κ1) is 25.7. The molecule has 180 valence electrons. The highest BCUT2D eigenvalue weighted by molar-refractivity contribution is 14.0. The third-order valence-corrected chi connectivity index (χ3v) is 5.78. The van der Waals surface area contributed by atoms with Crippen molar-refractivity contribution in [1.29, 1.82) is 0 Å². The van der Waals surface area contributed by atoms with Gasteiger partial charge in [-0.05, 0) is 43.0 Å². The molecule has 2 aliphatic heterocycles. The second-order valence-electron chi connectivity index (χ2n) is 8.25. The second kappa shape index (κ2) is 13.1. The molecule has 0 aliphatic carbocycles. The Hall–Kier alpha value is -1.91. The number of hydrogen-bond acceptors (Lipinski definition) is 4. The second-order valence-corrected chi connectivity index (χ2v) is 8.25. The Balaban J connectivity index is 0.00000306. The number of aliphatic imine (C=N–C) groups is 1. The van der Waals surface area contributed by atoms with Gasteiger partial charge in [-0.25, -0.2) is 4.39 Å². The van der Waals surface area contributed by atoms with E-state index in [4.69, 9.17) is 19.2 Å². The van der Waals surface area contributed by atoms with Crippen LogP contribution in [0, 0.1) is 11.7 Å². The number of rotatable bonds is 8. The Labute approximate surface area is 212 Å². The first-order valence-electron chi connectivity index (χ1n) is 11.4. The molecule has 0 amide bonds. The number of guanidine groups is 1. The first-order chi connectivity index (χ1) is 15.7. The molecule has 1 saturated heterocycles. The monoisotopic (exact) mass is 569 g/mol. The quantitative estimate of drug-likeness (QED) is 0.291. The van der Waals surface area contributed by atoms with Crippen molar-refractivity contribution in [3.8, 4) is 5.75 Å². The number of nitrogens with zero attached hydrogens (tertiary/aromatic N) is 2. The zero-order chi connectivity index (χ0) is 22.2. The fourth-order valence-electron chi connectivity index (χ4n) is 4.23.